The van der Waals surface area contributed by atoms with E-state index in [1.165, 1.54) is 0 Å². The fraction of sp³-hybridized carbons (Fsp3) is 0.400. The molecule has 0 fully saturated rings. The van der Waals surface area contributed by atoms with E-state index in [1.807, 2.05) is 0 Å². The van der Waals surface area contributed by atoms with Gasteiger partial charge < -0.3 is 9.84 Å². The molecule has 2 rings (SSSR count). The van der Waals surface area contributed by atoms with Crippen LogP contribution in [0.1, 0.15) is 18.6 Å². The van der Waals surface area contributed by atoms with E-state index in [1.54, 1.807) is 6.92 Å². The second kappa shape index (κ2) is 3.20. The first-order chi connectivity index (χ1) is 6.59. The van der Waals surface area contributed by atoms with Crippen molar-refractivity contribution in [2.75, 3.05) is 6.61 Å². The van der Waals surface area contributed by atoms with Crippen LogP contribution in [0.5, 0.6) is 5.75 Å². The highest BCUT2D eigenvalue weighted by atomic mass is 19.1. The Bertz CT molecular complexity index is 365. The zero-order valence-electron chi connectivity index (χ0n) is 7.63. The average Bonchev–Trinajstić information content (AvgIpc) is 2.12. The van der Waals surface area contributed by atoms with Crippen LogP contribution >= 0.6 is 0 Å². The number of rotatable bonds is 0. The standard InChI is InChI=1S/C10H10F2O2/c1-5-4-14-10-7(9(5)13)2-6(11)3-8(10)12/h2-3,5,9,13H,4H2,1H3/t5-,9?/m1/s1. The van der Waals surface area contributed by atoms with Crippen LogP contribution in [0.4, 0.5) is 8.78 Å². The van der Waals surface area contributed by atoms with Gasteiger partial charge in [0.05, 0.1) is 12.7 Å². The van der Waals surface area contributed by atoms with E-state index in [4.69, 9.17) is 4.74 Å². The monoisotopic (exact) mass is 200 g/mol. The number of aliphatic hydroxyl groups is 1. The van der Waals surface area contributed by atoms with Gasteiger partial charge in [-0.05, 0) is 6.07 Å². The number of fused-ring (bicyclic) bond motifs is 1. The van der Waals surface area contributed by atoms with Gasteiger partial charge in [0.2, 0.25) is 0 Å². The number of benzene rings is 1. The van der Waals surface area contributed by atoms with Gasteiger partial charge in [0.25, 0.3) is 0 Å². The fourth-order valence-electron chi connectivity index (χ4n) is 1.56. The Hall–Kier alpha value is -1.16. The first-order valence-electron chi connectivity index (χ1n) is 4.39. The second-order valence-electron chi connectivity index (χ2n) is 3.54. The van der Waals surface area contributed by atoms with Crippen LogP contribution in [0.3, 0.4) is 0 Å². The summed E-state index contributed by atoms with van der Waals surface area (Å²) < 4.78 is 31.1. The quantitative estimate of drug-likeness (QED) is 0.694. The summed E-state index contributed by atoms with van der Waals surface area (Å²) in [6.07, 6.45) is -0.857. The molecule has 1 aromatic carbocycles. The van der Waals surface area contributed by atoms with Gasteiger partial charge >= 0.3 is 0 Å². The molecule has 0 aliphatic carbocycles. The first kappa shape index (κ1) is 9.40. The van der Waals surface area contributed by atoms with Crippen LogP contribution in [0, 0.1) is 17.6 Å². The molecule has 0 spiro atoms. The van der Waals surface area contributed by atoms with Gasteiger partial charge in [0, 0.05) is 17.5 Å². The van der Waals surface area contributed by atoms with Crippen LogP contribution < -0.4 is 4.74 Å². The van der Waals surface area contributed by atoms with Crippen molar-refractivity contribution in [1.29, 1.82) is 0 Å². The zero-order chi connectivity index (χ0) is 10.3. The minimum absolute atomic E-state index is 0.0306. The highest BCUT2D eigenvalue weighted by molar-refractivity contribution is 5.38. The van der Waals surface area contributed by atoms with Crippen LogP contribution in [0.2, 0.25) is 0 Å². The third-order valence-electron chi connectivity index (χ3n) is 2.39. The molecule has 0 saturated heterocycles. The fourth-order valence-corrected chi connectivity index (χ4v) is 1.56. The minimum Gasteiger partial charge on any atom is -0.490 e. The molecule has 4 heteroatoms. The molecule has 1 aliphatic rings. The molecule has 76 valence electrons. The van der Waals surface area contributed by atoms with Gasteiger partial charge in [0.15, 0.2) is 11.6 Å². The topological polar surface area (TPSA) is 29.5 Å². The molecule has 2 nitrogen and oxygen atoms in total. The molecule has 0 saturated carbocycles. The van der Waals surface area contributed by atoms with Gasteiger partial charge in [-0.2, -0.15) is 0 Å². The maximum absolute atomic E-state index is 13.2. The van der Waals surface area contributed by atoms with Crippen LogP contribution in [-0.2, 0) is 0 Å². The van der Waals surface area contributed by atoms with Gasteiger partial charge in [-0.15, -0.1) is 0 Å². The third kappa shape index (κ3) is 1.35. The highest BCUT2D eigenvalue weighted by Gasteiger charge is 2.28. The summed E-state index contributed by atoms with van der Waals surface area (Å²) in [5, 5.41) is 9.67. The van der Waals surface area contributed by atoms with Crippen molar-refractivity contribution in [3.8, 4) is 5.75 Å². The van der Waals surface area contributed by atoms with E-state index in [9.17, 15) is 13.9 Å². The summed E-state index contributed by atoms with van der Waals surface area (Å²) in [4.78, 5) is 0. The molecule has 0 aromatic heterocycles. The van der Waals surface area contributed by atoms with E-state index in [0.29, 0.717) is 0 Å². The van der Waals surface area contributed by atoms with Gasteiger partial charge in [0.1, 0.15) is 5.82 Å². The van der Waals surface area contributed by atoms with E-state index in [0.717, 1.165) is 12.1 Å². The Labute approximate surface area is 80.1 Å². The number of ether oxygens (including phenoxy) is 1. The molecule has 1 heterocycles. The van der Waals surface area contributed by atoms with Crippen LogP contribution in [-0.4, -0.2) is 11.7 Å². The number of hydrogen-bond donors (Lipinski definition) is 1. The van der Waals surface area contributed by atoms with Crippen molar-refractivity contribution >= 4 is 0 Å². The predicted molar refractivity (Wildman–Crippen MR) is 46.0 cm³/mol. The Morgan fingerprint density at radius 3 is 2.86 bits per heavy atom. The van der Waals surface area contributed by atoms with E-state index < -0.39 is 17.7 Å². The molecule has 1 unspecified atom stereocenters. The smallest absolute Gasteiger partial charge is 0.168 e. The summed E-state index contributed by atoms with van der Waals surface area (Å²) in [6, 6.07) is 1.86. The largest absolute Gasteiger partial charge is 0.490 e. The summed E-state index contributed by atoms with van der Waals surface area (Å²) >= 11 is 0. The molecule has 2 atom stereocenters. The van der Waals surface area contributed by atoms with Crippen LogP contribution in [0.15, 0.2) is 12.1 Å². The third-order valence-corrected chi connectivity index (χ3v) is 2.39. The number of halogens is 2. The lowest BCUT2D eigenvalue weighted by molar-refractivity contribution is 0.0572. The Morgan fingerprint density at radius 2 is 2.14 bits per heavy atom. The SMILES string of the molecule is C[C@@H]1COc2c(F)cc(F)cc2C1O. The molecule has 1 aromatic rings. The lowest BCUT2D eigenvalue weighted by Gasteiger charge is -2.27. The van der Waals surface area contributed by atoms with Crippen molar-refractivity contribution < 1.29 is 18.6 Å². The van der Waals surface area contributed by atoms with Crippen molar-refractivity contribution in [2.24, 2.45) is 5.92 Å². The molecule has 0 radical (unpaired) electrons. The normalized spacial score (nSPS) is 25.4. The number of hydrogen-bond acceptors (Lipinski definition) is 2. The maximum Gasteiger partial charge on any atom is 0.168 e. The summed E-state index contributed by atoms with van der Waals surface area (Å²) in [7, 11) is 0. The Kier molecular flexibility index (Phi) is 2.15. The molecule has 1 N–H and O–H groups in total. The number of aliphatic hydroxyl groups excluding tert-OH is 1. The summed E-state index contributed by atoms with van der Waals surface area (Å²) in [5.41, 5.74) is 0.196. The van der Waals surface area contributed by atoms with Crippen LogP contribution in [0.25, 0.3) is 0 Å². The van der Waals surface area contributed by atoms with E-state index in [2.05, 4.69) is 0 Å². The maximum atomic E-state index is 13.2. The summed E-state index contributed by atoms with van der Waals surface area (Å²) in [5.74, 6) is -1.63. The van der Waals surface area contributed by atoms with E-state index in [-0.39, 0.29) is 23.8 Å². The zero-order valence-corrected chi connectivity index (χ0v) is 7.63. The lowest BCUT2D eigenvalue weighted by Crippen LogP contribution is -2.24. The molecular weight excluding hydrogens is 190 g/mol. The van der Waals surface area contributed by atoms with E-state index >= 15 is 0 Å². The van der Waals surface area contributed by atoms with Gasteiger partial charge in [-0.25, -0.2) is 8.78 Å². The van der Waals surface area contributed by atoms with Crippen molar-refractivity contribution in [2.45, 2.75) is 13.0 Å². The minimum atomic E-state index is -0.857. The van der Waals surface area contributed by atoms with Gasteiger partial charge in [-0.3, -0.25) is 0 Å². The molecular formula is C10H10F2O2. The Morgan fingerprint density at radius 1 is 1.43 bits per heavy atom. The van der Waals surface area contributed by atoms with Gasteiger partial charge in [-0.1, -0.05) is 6.92 Å². The first-order valence-corrected chi connectivity index (χ1v) is 4.39. The molecule has 14 heavy (non-hydrogen) atoms. The summed E-state index contributed by atoms with van der Waals surface area (Å²) in [6.45, 7) is 2.01. The van der Waals surface area contributed by atoms with Crippen molar-refractivity contribution in [1.82, 2.24) is 0 Å². The molecule has 0 bridgehead atoms. The second-order valence-corrected chi connectivity index (χ2v) is 3.54. The molecule has 1 aliphatic heterocycles. The lowest BCUT2D eigenvalue weighted by atomic mass is 9.94. The molecule has 0 amide bonds. The predicted octanol–water partition coefficient (Wildman–Crippen LogP) is 2.03. The highest BCUT2D eigenvalue weighted by Crippen LogP contribution is 2.37. The Balaban J connectivity index is 2.54. The van der Waals surface area contributed by atoms with Crippen molar-refractivity contribution in [3.63, 3.8) is 0 Å². The van der Waals surface area contributed by atoms with Crippen molar-refractivity contribution in [3.05, 3.63) is 29.3 Å². The average molecular weight is 200 g/mol.